The van der Waals surface area contributed by atoms with Crippen molar-refractivity contribution in [3.63, 3.8) is 0 Å². The smallest absolute Gasteiger partial charge is 0.271 e. The molecule has 0 radical (unpaired) electrons. The number of H-pyrrole nitrogens is 1. The summed E-state index contributed by atoms with van der Waals surface area (Å²) in [6.45, 7) is 6.81. The molecule has 2 aliphatic heterocycles. The first-order valence-electron chi connectivity index (χ1n) is 13.9. The van der Waals surface area contributed by atoms with E-state index in [9.17, 15) is 14.4 Å². The fourth-order valence-electron chi connectivity index (χ4n) is 5.06. The number of rotatable bonds is 4. The number of hydrogen-bond acceptors (Lipinski definition) is 7. The summed E-state index contributed by atoms with van der Waals surface area (Å²) in [6.07, 6.45) is 3.02. The van der Waals surface area contributed by atoms with E-state index in [4.69, 9.17) is 14.2 Å². The van der Waals surface area contributed by atoms with Crippen LogP contribution in [-0.2, 0) is 16.1 Å². The highest BCUT2D eigenvalue weighted by molar-refractivity contribution is 5.97. The lowest BCUT2D eigenvalue weighted by molar-refractivity contribution is -0.124. The van der Waals surface area contributed by atoms with Crippen molar-refractivity contribution in [3.8, 4) is 17.2 Å². The van der Waals surface area contributed by atoms with Crippen molar-refractivity contribution in [2.24, 2.45) is 0 Å². The number of hydrogen-bond donors (Lipinski definition) is 2. The third-order valence-electron chi connectivity index (χ3n) is 7.01. The number of nitrogens with zero attached hydrogens (tertiary/aromatic N) is 3. The summed E-state index contributed by atoms with van der Waals surface area (Å²) in [5.41, 5.74) is 1.62. The molecule has 5 rings (SSSR count). The van der Waals surface area contributed by atoms with Crippen LogP contribution in [0.5, 0.6) is 17.2 Å². The molecule has 41 heavy (non-hydrogen) atoms. The van der Waals surface area contributed by atoms with Gasteiger partial charge < -0.3 is 34.3 Å². The Morgan fingerprint density at radius 2 is 2.02 bits per heavy atom. The number of aromatic nitrogens is 2. The maximum absolute atomic E-state index is 13.6. The molecule has 3 heterocycles. The van der Waals surface area contributed by atoms with Gasteiger partial charge in [0.2, 0.25) is 5.91 Å². The number of likely N-dealkylation sites (tertiary alicyclic amines) is 1. The van der Waals surface area contributed by atoms with Crippen LogP contribution in [0.3, 0.4) is 0 Å². The Bertz CT molecular complexity index is 1390. The summed E-state index contributed by atoms with van der Waals surface area (Å²) >= 11 is 0. The van der Waals surface area contributed by atoms with Crippen LogP contribution >= 0.6 is 0 Å². The van der Waals surface area contributed by atoms with Crippen molar-refractivity contribution in [1.82, 2.24) is 25.1 Å². The minimum Gasteiger partial charge on any atom is -0.491 e. The lowest BCUT2D eigenvalue weighted by atomic mass is 10.0. The van der Waals surface area contributed by atoms with E-state index < -0.39 is 6.04 Å². The van der Waals surface area contributed by atoms with Gasteiger partial charge in [0.15, 0.2) is 0 Å². The number of piperidine rings is 1. The van der Waals surface area contributed by atoms with Gasteiger partial charge in [-0.3, -0.25) is 14.4 Å². The molecule has 1 fully saturated rings. The number of benzene rings is 2. The zero-order valence-corrected chi connectivity index (χ0v) is 23.5. The maximum Gasteiger partial charge on any atom is 0.271 e. The molecule has 2 atom stereocenters. The van der Waals surface area contributed by atoms with Gasteiger partial charge in [0, 0.05) is 31.3 Å². The average molecular weight is 562 g/mol. The van der Waals surface area contributed by atoms with Gasteiger partial charge in [-0.2, -0.15) is 0 Å². The van der Waals surface area contributed by atoms with Gasteiger partial charge in [-0.15, -0.1) is 0 Å². The van der Waals surface area contributed by atoms with Gasteiger partial charge in [-0.05, 0) is 57.0 Å². The Labute approximate surface area is 238 Å². The first-order chi connectivity index (χ1) is 19.8. The van der Waals surface area contributed by atoms with Crippen LogP contribution in [0.2, 0.25) is 0 Å². The predicted octanol–water partition coefficient (Wildman–Crippen LogP) is 3.38. The lowest BCUT2D eigenvalue weighted by Gasteiger charge is -2.39. The number of nitrogens with one attached hydrogen (secondary N) is 2. The van der Waals surface area contributed by atoms with Gasteiger partial charge in [0.1, 0.15) is 22.9 Å². The summed E-state index contributed by atoms with van der Waals surface area (Å²) in [5.74, 6) is 0.678. The van der Waals surface area contributed by atoms with E-state index in [-0.39, 0.29) is 43.0 Å². The standard InChI is InChI=1S/C30H35N5O6/c1-4-34-16-28(36)33-26-15-35(30(38)25-14-31-18-32-25)9-8-27(26)39-17-20-6-5-7-22(10-20)41-24-12-21(29(34)37)11-23(13-24)40-19(2)3/h5-7,10-14,18-19,26-27H,4,8-9,15-17H2,1-3H3,(H,31,32)(H,33,36)/t26-,27-/m0/s1. The summed E-state index contributed by atoms with van der Waals surface area (Å²) < 4.78 is 18.4. The van der Waals surface area contributed by atoms with Crippen LogP contribution in [0.1, 0.15) is 53.6 Å². The number of ether oxygens (including phenoxy) is 3. The first kappa shape index (κ1) is 28.2. The number of amides is 3. The molecule has 3 amide bonds. The predicted molar refractivity (Wildman–Crippen MR) is 150 cm³/mol. The molecule has 3 aromatic rings. The van der Waals surface area contributed by atoms with E-state index in [1.165, 1.54) is 17.4 Å². The maximum atomic E-state index is 13.6. The van der Waals surface area contributed by atoms with Crippen molar-refractivity contribution in [1.29, 1.82) is 0 Å². The van der Waals surface area contributed by atoms with Crippen LogP contribution in [0.4, 0.5) is 0 Å². The fraction of sp³-hybridized carbons (Fsp3) is 0.400. The summed E-state index contributed by atoms with van der Waals surface area (Å²) in [6, 6.07) is 12.1. The summed E-state index contributed by atoms with van der Waals surface area (Å²) in [5, 5.41) is 3.04. The van der Waals surface area contributed by atoms with Crippen LogP contribution < -0.4 is 14.8 Å². The van der Waals surface area contributed by atoms with Gasteiger partial charge in [0.25, 0.3) is 11.8 Å². The molecular weight excluding hydrogens is 526 g/mol. The molecule has 11 heteroatoms. The van der Waals surface area contributed by atoms with Crippen LogP contribution in [0, 0.1) is 0 Å². The number of carbonyl (C=O) groups excluding carboxylic acids is 3. The second kappa shape index (κ2) is 12.4. The highest BCUT2D eigenvalue weighted by Crippen LogP contribution is 2.30. The third kappa shape index (κ3) is 6.86. The van der Waals surface area contributed by atoms with Crippen molar-refractivity contribution in [2.45, 2.75) is 52.0 Å². The molecule has 1 saturated heterocycles. The van der Waals surface area contributed by atoms with Gasteiger partial charge in [0.05, 0.1) is 43.9 Å². The van der Waals surface area contributed by atoms with Crippen LogP contribution in [0.25, 0.3) is 0 Å². The van der Waals surface area contributed by atoms with E-state index in [2.05, 4.69) is 15.3 Å². The van der Waals surface area contributed by atoms with Gasteiger partial charge in [-0.1, -0.05) is 12.1 Å². The van der Waals surface area contributed by atoms with E-state index in [0.29, 0.717) is 54.6 Å². The van der Waals surface area contributed by atoms with Gasteiger partial charge >= 0.3 is 0 Å². The lowest BCUT2D eigenvalue weighted by Crippen LogP contribution is -2.58. The number of likely N-dealkylation sites (N-methyl/N-ethyl adjacent to an activating group) is 1. The Balaban J connectivity index is 1.45. The quantitative estimate of drug-likeness (QED) is 0.500. The molecule has 4 bridgehead atoms. The molecular formula is C30H35N5O6. The zero-order chi connectivity index (χ0) is 28.9. The third-order valence-corrected chi connectivity index (χ3v) is 7.01. The van der Waals surface area contributed by atoms with Crippen LogP contribution in [-0.4, -0.2) is 81.9 Å². The topological polar surface area (TPSA) is 126 Å². The Morgan fingerprint density at radius 3 is 2.78 bits per heavy atom. The summed E-state index contributed by atoms with van der Waals surface area (Å²) in [4.78, 5) is 49.8. The minimum atomic E-state index is -0.473. The molecule has 216 valence electrons. The van der Waals surface area contributed by atoms with Gasteiger partial charge in [-0.25, -0.2) is 4.98 Å². The molecule has 11 nitrogen and oxygen atoms in total. The second-order valence-corrected chi connectivity index (χ2v) is 10.5. The zero-order valence-electron chi connectivity index (χ0n) is 23.5. The highest BCUT2D eigenvalue weighted by atomic mass is 16.5. The normalized spacial score (nSPS) is 19.8. The van der Waals surface area contributed by atoms with E-state index in [0.717, 1.165) is 5.56 Å². The van der Waals surface area contributed by atoms with E-state index in [1.54, 1.807) is 23.1 Å². The molecule has 0 unspecified atom stereocenters. The van der Waals surface area contributed by atoms with Crippen molar-refractivity contribution in [2.75, 3.05) is 26.2 Å². The monoisotopic (exact) mass is 561 g/mol. The van der Waals surface area contributed by atoms with Crippen LogP contribution in [0.15, 0.2) is 55.0 Å². The Kier molecular flexibility index (Phi) is 8.53. The number of imidazole rings is 1. The molecule has 2 aromatic carbocycles. The second-order valence-electron chi connectivity index (χ2n) is 10.5. The van der Waals surface area contributed by atoms with E-state index in [1.807, 2.05) is 45.0 Å². The minimum absolute atomic E-state index is 0.109. The Morgan fingerprint density at radius 1 is 1.17 bits per heavy atom. The first-order valence-corrected chi connectivity index (χ1v) is 13.9. The SMILES string of the molecule is CCN1CC(=O)N[C@H]2CN(C(=O)c3cnc[nH]3)CC[C@@H]2OCc2cccc(c2)Oc2cc(OC(C)C)cc(c2)C1=O. The average Bonchev–Trinajstić information content (AvgIpc) is 3.49. The fourth-order valence-corrected chi connectivity index (χ4v) is 5.06. The molecule has 0 spiro atoms. The molecule has 0 saturated carbocycles. The van der Waals surface area contributed by atoms with E-state index >= 15 is 0 Å². The molecule has 2 aliphatic rings. The Hall–Kier alpha value is -4.38. The van der Waals surface area contributed by atoms with Crippen molar-refractivity contribution >= 4 is 17.7 Å². The number of fused-ring (bicyclic) bond motifs is 5. The molecule has 0 aliphatic carbocycles. The summed E-state index contributed by atoms with van der Waals surface area (Å²) in [7, 11) is 0. The molecule has 1 aromatic heterocycles. The van der Waals surface area contributed by atoms with Crippen molar-refractivity contribution < 1.29 is 28.6 Å². The highest BCUT2D eigenvalue weighted by Gasteiger charge is 2.34. The molecule has 2 N–H and O–H groups in total. The van der Waals surface area contributed by atoms with Crippen molar-refractivity contribution in [3.05, 3.63) is 71.8 Å². The number of aromatic amines is 1. The number of carbonyl (C=O) groups is 3. The largest absolute Gasteiger partial charge is 0.491 e.